The summed E-state index contributed by atoms with van der Waals surface area (Å²) >= 11 is 6.05. The van der Waals surface area contributed by atoms with E-state index in [1.165, 1.54) is 0 Å². The van der Waals surface area contributed by atoms with Gasteiger partial charge in [-0.3, -0.25) is 4.72 Å². The Kier molecular flexibility index (Phi) is 5.51. The van der Waals surface area contributed by atoms with E-state index in [2.05, 4.69) is 21.6 Å². The minimum Gasteiger partial charge on any atom is -0.369 e. The van der Waals surface area contributed by atoms with Crippen molar-refractivity contribution in [1.82, 2.24) is 4.90 Å². The molecule has 1 saturated heterocycles. The van der Waals surface area contributed by atoms with Gasteiger partial charge in [0.25, 0.3) is 0 Å². The second kappa shape index (κ2) is 7.64. The molecular formula is C18H22ClN3O2S. The zero-order valence-corrected chi connectivity index (χ0v) is 15.7. The van der Waals surface area contributed by atoms with Crippen molar-refractivity contribution in [1.29, 1.82) is 0 Å². The molecule has 1 aliphatic heterocycles. The molecule has 0 atom stereocenters. The van der Waals surface area contributed by atoms with Gasteiger partial charge in [-0.15, -0.1) is 0 Å². The Morgan fingerprint density at radius 1 is 1.00 bits per heavy atom. The third-order valence-electron chi connectivity index (χ3n) is 4.31. The molecule has 25 heavy (non-hydrogen) atoms. The number of nitrogens with one attached hydrogen (secondary N) is 1. The number of piperazine rings is 1. The van der Waals surface area contributed by atoms with E-state index >= 15 is 0 Å². The van der Waals surface area contributed by atoms with Crippen LogP contribution < -0.4 is 9.62 Å². The molecule has 2 aromatic carbocycles. The molecule has 0 spiro atoms. The quantitative estimate of drug-likeness (QED) is 0.867. The van der Waals surface area contributed by atoms with E-state index in [-0.39, 0.29) is 5.75 Å². The second-order valence-corrected chi connectivity index (χ2v) is 8.42. The van der Waals surface area contributed by atoms with Crippen molar-refractivity contribution >= 4 is 33.0 Å². The van der Waals surface area contributed by atoms with Gasteiger partial charge in [0, 0.05) is 42.6 Å². The molecular weight excluding hydrogens is 358 g/mol. The van der Waals surface area contributed by atoms with Crippen LogP contribution in [0.2, 0.25) is 5.02 Å². The Morgan fingerprint density at radius 3 is 2.28 bits per heavy atom. The van der Waals surface area contributed by atoms with Gasteiger partial charge in [-0.25, -0.2) is 8.42 Å². The number of halogens is 1. The first-order valence-corrected chi connectivity index (χ1v) is 10.2. The van der Waals surface area contributed by atoms with Crippen LogP contribution in [0.4, 0.5) is 11.4 Å². The van der Waals surface area contributed by atoms with Crippen molar-refractivity contribution in [2.45, 2.75) is 5.75 Å². The van der Waals surface area contributed by atoms with Crippen LogP contribution >= 0.6 is 11.6 Å². The summed E-state index contributed by atoms with van der Waals surface area (Å²) in [7, 11) is -1.39. The monoisotopic (exact) mass is 379 g/mol. The van der Waals surface area contributed by atoms with Gasteiger partial charge in [0.1, 0.15) is 0 Å². The minimum atomic E-state index is -3.51. The highest BCUT2D eigenvalue weighted by atomic mass is 35.5. The molecule has 0 saturated carbocycles. The molecule has 3 rings (SSSR count). The summed E-state index contributed by atoms with van der Waals surface area (Å²) < 4.78 is 27.3. The van der Waals surface area contributed by atoms with Crippen LogP contribution in [-0.2, 0) is 15.8 Å². The highest BCUT2D eigenvalue weighted by Crippen LogP contribution is 2.22. The van der Waals surface area contributed by atoms with Crippen molar-refractivity contribution in [3.8, 4) is 0 Å². The first kappa shape index (κ1) is 18.0. The average molecular weight is 380 g/mol. The number of nitrogens with zero attached hydrogens (tertiary/aromatic N) is 2. The van der Waals surface area contributed by atoms with Crippen LogP contribution in [0.5, 0.6) is 0 Å². The zero-order chi connectivity index (χ0) is 17.9. The maximum Gasteiger partial charge on any atom is 0.236 e. The first-order valence-electron chi connectivity index (χ1n) is 8.20. The van der Waals surface area contributed by atoms with Gasteiger partial charge in [0.15, 0.2) is 0 Å². The Hall–Kier alpha value is -1.76. The summed E-state index contributed by atoms with van der Waals surface area (Å²) in [5.41, 5.74) is 2.26. The molecule has 0 radical (unpaired) electrons. The van der Waals surface area contributed by atoms with Crippen LogP contribution in [0.3, 0.4) is 0 Å². The Balaban J connectivity index is 1.65. The Labute approximate surface area is 154 Å². The van der Waals surface area contributed by atoms with Crippen LogP contribution in [0, 0.1) is 0 Å². The Bertz CT molecular complexity index is 816. The van der Waals surface area contributed by atoms with Crippen LogP contribution in [0.15, 0.2) is 48.5 Å². The van der Waals surface area contributed by atoms with Gasteiger partial charge >= 0.3 is 0 Å². The predicted molar refractivity (Wildman–Crippen MR) is 104 cm³/mol. The fraction of sp³-hybridized carbons (Fsp3) is 0.333. The van der Waals surface area contributed by atoms with E-state index in [0.717, 1.165) is 31.9 Å². The predicted octanol–water partition coefficient (Wildman–Crippen LogP) is 3.03. The third kappa shape index (κ3) is 4.87. The van der Waals surface area contributed by atoms with Crippen LogP contribution in [-0.4, -0.2) is 46.5 Å². The molecule has 1 N–H and O–H groups in total. The molecule has 134 valence electrons. The van der Waals surface area contributed by atoms with Crippen molar-refractivity contribution in [3.63, 3.8) is 0 Å². The number of rotatable bonds is 5. The lowest BCUT2D eigenvalue weighted by Gasteiger charge is -2.34. The van der Waals surface area contributed by atoms with E-state index < -0.39 is 10.0 Å². The maximum atomic E-state index is 12.4. The lowest BCUT2D eigenvalue weighted by molar-refractivity contribution is 0.313. The summed E-state index contributed by atoms with van der Waals surface area (Å²) in [6, 6.07) is 14.5. The van der Waals surface area contributed by atoms with Gasteiger partial charge in [0.2, 0.25) is 10.0 Å². The molecule has 1 fully saturated rings. The van der Waals surface area contributed by atoms with Gasteiger partial charge in [-0.2, -0.15) is 0 Å². The molecule has 7 heteroatoms. The summed E-state index contributed by atoms with van der Waals surface area (Å²) in [6.07, 6.45) is 0. The van der Waals surface area contributed by atoms with Crippen molar-refractivity contribution in [2.75, 3.05) is 42.8 Å². The number of hydrogen-bond acceptors (Lipinski definition) is 4. The van der Waals surface area contributed by atoms with Crippen molar-refractivity contribution in [3.05, 3.63) is 59.1 Å². The number of likely N-dealkylation sites (N-methyl/N-ethyl adjacent to an activating group) is 1. The fourth-order valence-corrected chi connectivity index (χ4v) is 4.35. The number of benzene rings is 2. The van der Waals surface area contributed by atoms with Crippen molar-refractivity contribution in [2.24, 2.45) is 0 Å². The highest BCUT2D eigenvalue weighted by molar-refractivity contribution is 7.91. The third-order valence-corrected chi connectivity index (χ3v) is 5.92. The smallest absolute Gasteiger partial charge is 0.236 e. The summed E-state index contributed by atoms with van der Waals surface area (Å²) in [5, 5.41) is 0.457. The fourth-order valence-electron chi connectivity index (χ4n) is 2.84. The molecule has 5 nitrogen and oxygen atoms in total. The molecule has 2 aromatic rings. The lowest BCUT2D eigenvalue weighted by atomic mass is 10.2. The molecule has 1 aliphatic rings. The van der Waals surface area contributed by atoms with Crippen LogP contribution in [0.1, 0.15) is 5.56 Å². The largest absolute Gasteiger partial charge is 0.369 e. The van der Waals surface area contributed by atoms with Gasteiger partial charge in [-0.1, -0.05) is 29.8 Å². The number of sulfonamides is 1. The second-order valence-electron chi connectivity index (χ2n) is 6.29. The molecule has 1 heterocycles. The van der Waals surface area contributed by atoms with E-state index in [0.29, 0.717) is 16.3 Å². The number of hydrogen-bond donors (Lipinski definition) is 1. The lowest BCUT2D eigenvalue weighted by Crippen LogP contribution is -2.44. The molecule has 0 aliphatic carbocycles. The highest BCUT2D eigenvalue weighted by Gasteiger charge is 2.16. The minimum absolute atomic E-state index is 0.146. The van der Waals surface area contributed by atoms with E-state index in [1.54, 1.807) is 36.4 Å². The summed E-state index contributed by atoms with van der Waals surface area (Å²) in [6.45, 7) is 4.03. The van der Waals surface area contributed by atoms with Gasteiger partial charge < -0.3 is 9.80 Å². The standard InChI is InChI=1S/C18H22ClN3O2S/c1-21-10-12-22(13-11-21)17-8-6-16(7-9-17)20-25(23,24)14-15-4-2-3-5-18(15)19/h2-9,20H,10-14H2,1H3. The number of anilines is 2. The zero-order valence-electron chi connectivity index (χ0n) is 14.2. The normalized spacial score (nSPS) is 16.0. The van der Waals surface area contributed by atoms with E-state index in [1.807, 2.05) is 12.1 Å². The van der Waals surface area contributed by atoms with Crippen LogP contribution in [0.25, 0.3) is 0 Å². The van der Waals surface area contributed by atoms with Gasteiger partial charge in [0.05, 0.1) is 5.75 Å². The average Bonchev–Trinajstić information content (AvgIpc) is 2.58. The van der Waals surface area contributed by atoms with E-state index in [9.17, 15) is 8.42 Å². The summed E-state index contributed by atoms with van der Waals surface area (Å²) in [5.74, 6) is -0.146. The SMILES string of the molecule is CN1CCN(c2ccc(NS(=O)(=O)Cc3ccccc3Cl)cc2)CC1. The Morgan fingerprint density at radius 2 is 1.64 bits per heavy atom. The topological polar surface area (TPSA) is 52.6 Å². The summed E-state index contributed by atoms with van der Waals surface area (Å²) in [4.78, 5) is 4.61. The first-order chi connectivity index (χ1) is 11.9. The van der Waals surface area contributed by atoms with Crippen molar-refractivity contribution < 1.29 is 8.42 Å². The molecule has 0 amide bonds. The molecule has 0 bridgehead atoms. The van der Waals surface area contributed by atoms with E-state index in [4.69, 9.17) is 11.6 Å². The molecule has 0 unspecified atom stereocenters. The molecule has 0 aromatic heterocycles. The maximum absolute atomic E-state index is 12.4. The van der Waals surface area contributed by atoms with Gasteiger partial charge in [-0.05, 0) is 42.9 Å².